The Morgan fingerprint density at radius 1 is 1.30 bits per heavy atom. The highest BCUT2D eigenvalue weighted by atomic mass is 127. The fraction of sp³-hybridized carbons (Fsp3) is 0.765. The number of thiazole rings is 1. The number of nitrogens with zero attached hydrogens (tertiary/aromatic N) is 2. The van der Waals surface area contributed by atoms with E-state index in [-0.39, 0.29) is 29.4 Å². The van der Waals surface area contributed by atoms with Crippen molar-refractivity contribution in [2.24, 2.45) is 10.9 Å². The zero-order valence-corrected chi connectivity index (χ0v) is 18.7. The molecular formula is C17H33IN4S. The molecular weight excluding hydrogens is 419 g/mol. The Bertz CT molecular complexity index is 477. The van der Waals surface area contributed by atoms with E-state index in [0.29, 0.717) is 12.0 Å². The van der Waals surface area contributed by atoms with Gasteiger partial charge in [0.05, 0.1) is 10.7 Å². The summed E-state index contributed by atoms with van der Waals surface area (Å²) in [5.74, 6) is 1.48. The summed E-state index contributed by atoms with van der Waals surface area (Å²) in [6, 6.07) is 0.408. The zero-order valence-electron chi connectivity index (χ0n) is 15.6. The third kappa shape index (κ3) is 8.33. The van der Waals surface area contributed by atoms with Gasteiger partial charge in [0, 0.05) is 36.3 Å². The molecule has 23 heavy (non-hydrogen) atoms. The van der Waals surface area contributed by atoms with E-state index in [4.69, 9.17) is 4.98 Å². The predicted octanol–water partition coefficient (Wildman–Crippen LogP) is 4.20. The first-order valence-electron chi connectivity index (χ1n) is 8.23. The Morgan fingerprint density at radius 2 is 1.96 bits per heavy atom. The van der Waals surface area contributed by atoms with Crippen LogP contribution >= 0.6 is 35.3 Å². The molecule has 1 heterocycles. The quantitative estimate of drug-likeness (QED) is 0.387. The van der Waals surface area contributed by atoms with Crippen molar-refractivity contribution in [3.8, 4) is 0 Å². The third-order valence-electron chi connectivity index (χ3n) is 3.62. The molecule has 0 aliphatic heterocycles. The van der Waals surface area contributed by atoms with E-state index >= 15 is 0 Å². The molecule has 0 bridgehead atoms. The van der Waals surface area contributed by atoms with Crippen LogP contribution in [0.5, 0.6) is 0 Å². The van der Waals surface area contributed by atoms with Crippen LogP contribution in [0.4, 0.5) is 0 Å². The first-order valence-corrected chi connectivity index (χ1v) is 9.11. The molecule has 0 saturated carbocycles. The summed E-state index contributed by atoms with van der Waals surface area (Å²) in [6.45, 7) is 16.9. The van der Waals surface area contributed by atoms with Crippen LogP contribution in [0, 0.1) is 5.92 Å². The van der Waals surface area contributed by atoms with Crippen LogP contribution in [0.15, 0.2) is 10.4 Å². The fourth-order valence-electron chi connectivity index (χ4n) is 1.74. The summed E-state index contributed by atoms with van der Waals surface area (Å²) in [5, 5.41) is 10.1. The minimum atomic E-state index is 0. The molecule has 1 aromatic heterocycles. The number of hydrogen-bond donors (Lipinski definition) is 2. The largest absolute Gasteiger partial charge is 0.357 e. The number of rotatable bonds is 6. The van der Waals surface area contributed by atoms with E-state index in [1.807, 2.05) is 0 Å². The summed E-state index contributed by atoms with van der Waals surface area (Å²) in [4.78, 5) is 9.39. The van der Waals surface area contributed by atoms with Gasteiger partial charge in [0.1, 0.15) is 0 Å². The van der Waals surface area contributed by atoms with Crippen molar-refractivity contribution >= 4 is 41.3 Å². The second-order valence-electron chi connectivity index (χ2n) is 7.06. The maximum absolute atomic E-state index is 4.72. The Balaban J connectivity index is 0.00000484. The molecule has 1 aromatic rings. The number of halogens is 1. The summed E-state index contributed by atoms with van der Waals surface area (Å²) in [6.07, 6.45) is 0.896. The average molecular weight is 452 g/mol. The molecule has 1 atom stereocenters. The van der Waals surface area contributed by atoms with Crippen molar-refractivity contribution in [3.63, 3.8) is 0 Å². The lowest BCUT2D eigenvalue weighted by atomic mass is 9.93. The summed E-state index contributed by atoms with van der Waals surface area (Å²) >= 11 is 1.74. The Labute approximate surface area is 163 Å². The summed E-state index contributed by atoms with van der Waals surface area (Å²) in [5.41, 5.74) is 1.30. The molecule has 0 aliphatic carbocycles. The maximum atomic E-state index is 4.72. The SMILES string of the molecule is CCNC(=NCCc1nc(C(C)(C)C)cs1)NC(C)C(C)C.I. The summed E-state index contributed by atoms with van der Waals surface area (Å²) in [7, 11) is 0. The van der Waals surface area contributed by atoms with E-state index in [1.54, 1.807) is 11.3 Å². The smallest absolute Gasteiger partial charge is 0.191 e. The molecule has 0 aliphatic rings. The highest BCUT2D eigenvalue weighted by Gasteiger charge is 2.17. The number of nitrogens with one attached hydrogen (secondary N) is 2. The van der Waals surface area contributed by atoms with Gasteiger partial charge in [-0.15, -0.1) is 35.3 Å². The van der Waals surface area contributed by atoms with E-state index in [9.17, 15) is 0 Å². The van der Waals surface area contributed by atoms with E-state index in [2.05, 4.69) is 69.5 Å². The minimum Gasteiger partial charge on any atom is -0.357 e. The zero-order chi connectivity index (χ0) is 16.8. The second-order valence-corrected chi connectivity index (χ2v) is 8.01. The van der Waals surface area contributed by atoms with Gasteiger partial charge in [-0.1, -0.05) is 34.6 Å². The van der Waals surface area contributed by atoms with Crippen LogP contribution in [0.3, 0.4) is 0 Å². The molecule has 134 valence electrons. The van der Waals surface area contributed by atoms with Gasteiger partial charge in [-0.3, -0.25) is 4.99 Å². The third-order valence-corrected chi connectivity index (χ3v) is 4.53. The highest BCUT2D eigenvalue weighted by molar-refractivity contribution is 14.0. The van der Waals surface area contributed by atoms with Crippen molar-refractivity contribution in [1.29, 1.82) is 0 Å². The lowest BCUT2D eigenvalue weighted by Crippen LogP contribution is -2.44. The molecule has 0 radical (unpaired) electrons. The van der Waals surface area contributed by atoms with E-state index in [1.165, 1.54) is 10.7 Å². The monoisotopic (exact) mass is 452 g/mol. The van der Waals surface area contributed by atoms with Crippen molar-refractivity contribution < 1.29 is 0 Å². The molecule has 0 spiro atoms. The first-order chi connectivity index (χ1) is 10.2. The van der Waals surface area contributed by atoms with Gasteiger partial charge in [0.15, 0.2) is 5.96 Å². The lowest BCUT2D eigenvalue weighted by molar-refractivity contribution is 0.481. The minimum absolute atomic E-state index is 0. The van der Waals surface area contributed by atoms with Crippen molar-refractivity contribution in [1.82, 2.24) is 15.6 Å². The summed E-state index contributed by atoms with van der Waals surface area (Å²) < 4.78 is 0. The molecule has 1 rings (SSSR count). The lowest BCUT2D eigenvalue weighted by Gasteiger charge is -2.20. The Kier molecular flexibility index (Phi) is 10.3. The molecule has 0 fully saturated rings. The molecule has 1 unspecified atom stereocenters. The standard InChI is InChI=1S/C17H32N4S.HI/c1-8-18-16(20-13(4)12(2)3)19-10-9-15-21-14(11-22-15)17(5,6)7;/h11-13H,8-10H2,1-7H3,(H2,18,19,20);1H. The van der Waals surface area contributed by atoms with Crippen LogP contribution < -0.4 is 10.6 Å². The van der Waals surface area contributed by atoms with Crippen molar-refractivity contribution in [2.45, 2.75) is 66.3 Å². The van der Waals surface area contributed by atoms with Gasteiger partial charge in [-0.05, 0) is 19.8 Å². The van der Waals surface area contributed by atoms with Crippen LogP contribution in [0.1, 0.15) is 59.2 Å². The van der Waals surface area contributed by atoms with E-state index < -0.39 is 0 Å². The highest BCUT2D eigenvalue weighted by Crippen LogP contribution is 2.23. The van der Waals surface area contributed by atoms with Gasteiger partial charge in [-0.25, -0.2) is 4.98 Å². The van der Waals surface area contributed by atoms with Crippen LogP contribution in [-0.2, 0) is 11.8 Å². The van der Waals surface area contributed by atoms with Gasteiger partial charge in [-0.2, -0.15) is 0 Å². The predicted molar refractivity (Wildman–Crippen MR) is 113 cm³/mol. The van der Waals surface area contributed by atoms with Crippen LogP contribution in [0.25, 0.3) is 0 Å². The Hall–Kier alpha value is -0.370. The van der Waals surface area contributed by atoms with Gasteiger partial charge in [0.25, 0.3) is 0 Å². The maximum Gasteiger partial charge on any atom is 0.191 e. The number of guanidine groups is 1. The van der Waals surface area contributed by atoms with E-state index in [0.717, 1.165) is 25.5 Å². The Morgan fingerprint density at radius 3 is 2.43 bits per heavy atom. The van der Waals surface area contributed by atoms with Gasteiger partial charge >= 0.3 is 0 Å². The average Bonchev–Trinajstić information content (AvgIpc) is 2.87. The molecule has 0 amide bonds. The van der Waals surface area contributed by atoms with Crippen molar-refractivity contribution in [3.05, 3.63) is 16.1 Å². The molecule has 4 nitrogen and oxygen atoms in total. The van der Waals surface area contributed by atoms with Crippen molar-refractivity contribution in [2.75, 3.05) is 13.1 Å². The second kappa shape index (κ2) is 10.5. The molecule has 0 aromatic carbocycles. The number of hydrogen-bond acceptors (Lipinski definition) is 3. The van der Waals surface area contributed by atoms with Crippen LogP contribution in [0.2, 0.25) is 0 Å². The van der Waals surface area contributed by atoms with Gasteiger partial charge < -0.3 is 10.6 Å². The topological polar surface area (TPSA) is 49.3 Å². The van der Waals surface area contributed by atoms with Gasteiger partial charge in [0.2, 0.25) is 0 Å². The molecule has 2 N–H and O–H groups in total. The van der Waals surface area contributed by atoms with Crippen LogP contribution in [-0.4, -0.2) is 30.1 Å². The normalized spacial score (nSPS) is 13.7. The number of aliphatic imine (C=N–C) groups is 1. The number of aromatic nitrogens is 1. The molecule has 6 heteroatoms. The molecule has 0 saturated heterocycles. The first kappa shape index (κ1) is 22.6. The fourth-order valence-corrected chi connectivity index (χ4v) is 2.75.